The number of rotatable bonds is 4. The fourth-order valence-corrected chi connectivity index (χ4v) is 4.33. The number of thiophene rings is 1. The van der Waals surface area contributed by atoms with Crippen molar-refractivity contribution in [3.63, 3.8) is 0 Å². The molecule has 0 N–H and O–H groups in total. The summed E-state index contributed by atoms with van der Waals surface area (Å²) in [6.07, 6.45) is 0.925. The quantitative estimate of drug-likeness (QED) is 0.839. The van der Waals surface area contributed by atoms with Crippen LogP contribution in [0.3, 0.4) is 0 Å². The van der Waals surface area contributed by atoms with Crippen LogP contribution >= 0.6 is 34.7 Å². The minimum Gasteiger partial charge on any atom is -0.325 e. The third-order valence-corrected chi connectivity index (χ3v) is 5.75. The Morgan fingerprint density at radius 3 is 2.75 bits per heavy atom. The molecule has 2 nitrogen and oxygen atoms in total. The van der Waals surface area contributed by atoms with Gasteiger partial charge in [-0.05, 0) is 35.6 Å². The van der Waals surface area contributed by atoms with E-state index in [0.29, 0.717) is 5.75 Å². The first-order chi connectivity index (χ1) is 9.74. The van der Waals surface area contributed by atoms with Gasteiger partial charge in [-0.2, -0.15) is 0 Å². The van der Waals surface area contributed by atoms with Crippen LogP contribution in [0.1, 0.15) is 15.8 Å². The van der Waals surface area contributed by atoms with Crippen LogP contribution in [0.4, 0.5) is 0 Å². The molecule has 2 aromatic rings. The topological polar surface area (TPSA) is 20.3 Å². The number of hydrogen-bond donors (Lipinski definition) is 0. The molecule has 1 aromatic carbocycles. The van der Waals surface area contributed by atoms with Crippen molar-refractivity contribution in [2.45, 2.75) is 11.8 Å². The number of amides is 1. The van der Waals surface area contributed by atoms with Gasteiger partial charge < -0.3 is 4.90 Å². The third-order valence-electron chi connectivity index (χ3n) is 3.30. The normalized spacial score (nSPS) is 18.8. The second kappa shape index (κ2) is 6.20. The molecule has 1 amide bonds. The molecule has 1 aliphatic rings. The van der Waals surface area contributed by atoms with Gasteiger partial charge in [0.2, 0.25) is 5.91 Å². The first-order valence-corrected chi connectivity index (χ1v) is 8.73. The van der Waals surface area contributed by atoms with E-state index >= 15 is 0 Å². The molecular weight excluding hydrogens is 310 g/mol. The average molecular weight is 324 g/mol. The summed E-state index contributed by atoms with van der Waals surface area (Å²) in [4.78, 5) is 15.4. The van der Waals surface area contributed by atoms with Crippen molar-refractivity contribution in [2.75, 3.05) is 12.3 Å². The summed E-state index contributed by atoms with van der Waals surface area (Å²) >= 11 is 9.36. The summed E-state index contributed by atoms with van der Waals surface area (Å²) in [5, 5.41) is 2.93. The van der Waals surface area contributed by atoms with Gasteiger partial charge in [-0.15, -0.1) is 23.1 Å². The van der Waals surface area contributed by atoms with Crippen LogP contribution in [-0.4, -0.2) is 23.1 Å². The van der Waals surface area contributed by atoms with E-state index < -0.39 is 0 Å². The van der Waals surface area contributed by atoms with E-state index in [2.05, 4.69) is 17.5 Å². The molecule has 3 rings (SSSR count). The molecule has 0 spiro atoms. The first kappa shape index (κ1) is 14.0. The van der Waals surface area contributed by atoms with Crippen LogP contribution in [0, 0.1) is 0 Å². The predicted molar refractivity (Wildman–Crippen MR) is 86.4 cm³/mol. The van der Waals surface area contributed by atoms with Gasteiger partial charge >= 0.3 is 0 Å². The number of benzene rings is 1. The Bertz CT molecular complexity index is 582. The highest BCUT2D eigenvalue weighted by molar-refractivity contribution is 8.00. The highest BCUT2D eigenvalue weighted by Crippen LogP contribution is 2.38. The molecule has 0 saturated carbocycles. The third kappa shape index (κ3) is 3.03. The zero-order valence-electron chi connectivity index (χ0n) is 10.8. The van der Waals surface area contributed by atoms with E-state index in [0.717, 1.165) is 23.6 Å². The van der Waals surface area contributed by atoms with E-state index in [-0.39, 0.29) is 11.3 Å². The first-order valence-electron chi connectivity index (χ1n) is 6.43. The van der Waals surface area contributed by atoms with Crippen LogP contribution in [0.2, 0.25) is 5.02 Å². The van der Waals surface area contributed by atoms with Gasteiger partial charge in [0.05, 0.1) is 5.75 Å². The minimum absolute atomic E-state index is 0.125. The highest BCUT2D eigenvalue weighted by atomic mass is 35.5. The van der Waals surface area contributed by atoms with Crippen LogP contribution in [0.5, 0.6) is 0 Å². The maximum atomic E-state index is 12.1. The average Bonchev–Trinajstić information content (AvgIpc) is 3.07. The van der Waals surface area contributed by atoms with Crippen molar-refractivity contribution in [1.29, 1.82) is 0 Å². The monoisotopic (exact) mass is 323 g/mol. The summed E-state index contributed by atoms with van der Waals surface area (Å²) < 4.78 is 0. The van der Waals surface area contributed by atoms with Gasteiger partial charge in [0.15, 0.2) is 0 Å². The Kier molecular flexibility index (Phi) is 4.34. The lowest BCUT2D eigenvalue weighted by atomic mass is 10.2. The Hall–Kier alpha value is -0.970. The fraction of sp³-hybridized carbons (Fsp3) is 0.267. The molecule has 1 aromatic heterocycles. The Morgan fingerprint density at radius 2 is 2.05 bits per heavy atom. The zero-order chi connectivity index (χ0) is 13.9. The van der Waals surface area contributed by atoms with Gasteiger partial charge in [-0.1, -0.05) is 29.8 Å². The molecule has 1 aliphatic heterocycles. The molecule has 2 heterocycles. The van der Waals surface area contributed by atoms with Gasteiger partial charge in [0.1, 0.15) is 5.37 Å². The second-order valence-corrected chi connectivity index (χ2v) is 7.17. The van der Waals surface area contributed by atoms with Crippen molar-refractivity contribution in [1.82, 2.24) is 4.90 Å². The SMILES string of the molecule is O=C1CSC(c2ccc(Cl)cc2)N1CCc1cccs1. The molecule has 1 atom stereocenters. The van der Waals surface area contributed by atoms with Gasteiger partial charge in [-0.3, -0.25) is 4.79 Å². The fourth-order valence-electron chi connectivity index (χ4n) is 2.28. The molecule has 0 bridgehead atoms. The van der Waals surface area contributed by atoms with E-state index in [1.165, 1.54) is 4.88 Å². The van der Waals surface area contributed by atoms with Crippen LogP contribution < -0.4 is 0 Å². The lowest BCUT2D eigenvalue weighted by molar-refractivity contribution is -0.128. The molecule has 1 saturated heterocycles. The lowest BCUT2D eigenvalue weighted by Gasteiger charge is -2.24. The maximum absolute atomic E-state index is 12.1. The second-order valence-electron chi connectivity index (χ2n) is 4.63. The van der Waals surface area contributed by atoms with Gasteiger partial charge in [0, 0.05) is 16.4 Å². The van der Waals surface area contributed by atoms with Crippen molar-refractivity contribution in [2.24, 2.45) is 0 Å². The predicted octanol–water partition coefficient (Wildman–Crippen LogP) is 4.22. The maximum Gasteiger partial charge on any atom is 0.233 e. The van der Waals surface area contributed by atoms with Crippen LogP contribution in [0.25, 0.3) is 0 Å². The molecule has 20 heavy (non-hydrogen) atoms. The molecule has 0 radical (unpaired) electrons. The summed E-state index contributed by atoms with van der Waals surface area (Å²) in [5.74, 6) is 0.795. The van der Waals surface area contributed by atoms with E-state index in [1.54, 1.807) is 23.1 Å². The summed E-state index contributed by atoms with van der Waals surface area (Å²) in [7, 11) is 0. The zero-order valence-corrected chi connectivity index (χ0v) is 13.2. The molecule has 1 unspecified atom stereocenters. The number of carbonyl (C=O) groups is 1. The van der Waals surface area contributed by atoms with Crippen molar-refractivity contribution in [3.05, 3.63) is 57.2 Å². The van der Waals surface area contributed by atoms with Crippen LogP contribution in [0.15, 0.2) is 41.8 Å². The summed E-state index contributed by atoms with van der Waals surface area (Å²) in [5.41, 5.74) is 1.15. The van der Waals surface area contributed by atoms with Crippen molar-refractivity contribution < 1.29 is 4.79 Å². The Labute approximate surface area is 131 Å². The lowest BCUT2D eigenvalue weighted by Crippen LogP contribution is -2.30. The van der Waals surface area contributed by atoms with E-state index in [1.807, 2.05) is 29.2 Å². The van der Waals surface area contributed by atoms with E-state index in [9.17, 15) is 4.79 Å². The van der Waals surface area contributed by atoms with E-state index in [4.69, 9.17) is 11.6 Å². The smallest absolute Gasteiger partial charge is 0.233 e. The number of thioether (sulfide) groups is 1. The molecule has 1 fully saturated rings. The number of carbonyl (C=O) groups excluding carboxylic acids is 1. The number of hydrogen-bond acceptors (Lipinski definition) is 3. The van der Waals surface area contributed by atoms with Crippen LogP contribution in [-0.2, 0) is 11.2 Å². The van der Waals surface area contributed by atoms with Gasteiger partial charge in [-0.25, -0.2) is 0 Å². The molecular formula is C15H14ClNOS2. The standard InChI is InChI=1S/C15H14ClNOS2/c16-12-5-3-11(4-6-12)15-17(14(18)10-20-15)8-7-13-2-1-9-19-13/h1-6,9,15H,7-8,10H2. The molecule has 5 heteroatoms. The Morgan fingerprint density at radius 1 is 1.25 bits per heavy atom. The number of halogens is 1. The summed E-state index contributed by atoms with van der Waals surface area (Å²) in [6, 6.07) is 12.0. The molecule has 0 aliphatic carbocycles. The number of nitrogens with zero attached hydrogens (tertiary/aromatic N) is 1. The molecule has 104 valence electrons. The minimum atomic E-state index is 0.125. The van der Waals surface area contributed by atoms with Crippen molar-refractivity contribution in [3.8, 4) is 0 Å². The largest absolute Gasteiger partial charge is 0.325 e. The van der Waals surface area contributed by atoms with Crippen molar-refractivity contribution >= 4 is 40.6 Å². The van der Waals surface area contributed by atoms with Gasteiger partial charge in [0.25, 0.3) is 0 Å². The Balaban J connectivity index is 1.73. The highest BCUT2D eigenvalue weighted by Gasteiger charge is 2.32. The summed E-state index contributed by atoms with van der Waals surface area (Å²) in [6.45, 7) is 0.777.